The van der Waals surface area contributed by atoms with Crippen molar-refractivity contribution in [3.8, 4) is 5.69 Å². The van der Waals surface area contributed by atoms with Gasteiger partial charge in [0.05, 0.1) is 0 Å². The molecule has 0 N–H and O–H groups in total. The fourth-order valence-corrected chi connectivity index (χ4v) is 2.16. The predicted octanol–water partition coefficient (Wildman–Crippen LogP) is 1.75. The summed E-state index contributed by atoms with van der Waals surface area (Å²) in [4.78, 5) is 12.4. The number of fused-ring (bicyclic) bond motifs is 1. The van der Waals surface area contributed by atoms with Gasteiger partial charge in [0.1, 0.15) is 5.82 Å². The molecule has 5 heteroatoms. The molecule has 0 unspecified atom stereocenters. The number of nitrogens with zero attached hydrogens (tertiary/aromatic N) is 4. The van der Waals surface area contributed by atoms with Gasteiger partial charge in [-0.05, 0) is 24.6 Å². The van der Waals surface area contributed by atoms with Gasteiger partial charge in [0.2, 0.25) is 5.65 Å². The molecule has 0 aliphatic carbocycles. The second-order valence-electron chi connectivity index (χ2n) is 4.48. The quantitative estimate of drug-likeness (QED) is 0.700. The van der Waals surface area contributed by atoms with E-state index in [4.69, 9.17) is 0 Å². The largest absolute Gasteiger partial charge is 0.300 e. The van der Waals surface area contributed by atoms with E-state index < -0.39 is 0 Å². The smallest absolute Gasteiger partial charge is 0.280 e. The molecule has 0 radical (unpaired) electrons. The molecule has 2 aromatic heterocycles. The Hall–Kier alpha value is -2.43. The van der Waals surface area contributed by atoms with Crippen LogP contribution in [0.15, 0.2) is 41.5 Å². The van der Waals surface area contributed by atoms with Gasteiger partial charge in [-0.3, -0.25) is 13.8 Å². The van der Waals surface area contributed by atoms with Crippen LogP contribution in [0.4, 0.5) is 0 Å². The molecule has 0 spiro atoms. The molecule has 0 fully saturated rings. The van der Waals surface area contributed by atoms with Crippen molar-refractivity contribution in [3.63, 3.8) is 0 Å². The SMILES string of the molecule is CCc1nnc2c(=O)n(-c3cccc(C)c3)ccn12. The van der Waals surface area contributed by atoms with Gasteiger partial charge < -0.3 is 0 Å². The zero-order chi connectivity index (χ0) is 13.4. The highest BCUT2D eigenvalue weighted by atomic mass is 16.1. The Morgan fingerprint density at radius 1 is 1.21 bits per heavy atom. The second-order valence-corrected chi connectivity index (χ2v) is 4.48. The Morgan fingerprint density at radius 3 is 2.79 bits per heavy atom. The molecule has 0 bridgehead atoms. The molecule has 3 aromatic rings. The average Bonchev–Trinajstić information content (AvgIpc) is 2.83. The van der Waals surface area contributed by atoms with Crippen molar-refractivity contribution in [2.45, 2.75) is 20.3 Å². The van der Waals surface area contributed by atoms with Crippen molar-refractivity contribution in [1.29, 1.82) is 0 Å². The van der Waals surface area contributed by atoms with Crippen LogP contribution < -0.4 is 5.56 Å². The highest BCUT2D eigenvalue weighted by Crippen LogP contribution is 2.09. The topological polar surface area (TPSA) is 52.2 Å². The highest BCUT2D eigenvalue weighted by Gasteiger charge is 2.10. The van der Waals surface area contributed by atoms with Crippen molar-refractivity contribution < 1.29 is 0 Å². The minimum atomic E-state index is -0.152. The maximum Gasteiger partial charge on any atom is 0.300 e. The van der Waals surface area contributed by atoms with Crippen molar-refractivity contribution in [3.05, 3.63) is 58.4 Å². The van der Waals surface area contributed by atoms with Crippen molar-refractivity contribution in [2.75, 3.05) is 0 Å². The highest BCUT2D eigenvalue weighted by molar-refractivity contribution is 5.41. The summed E-state index contributed by atoms with van der Waals surface area (Å²) in [6, 6.07) is 7.80. The van der Waals surface area contributed by atoms with Crippen LogP contribution >= 0.6 is 0 Å². The monoisotopic (exact) mass is 254 g/mol. The van der Waals surface area contributed by atoms with Crippen molar-refractivity contribution in [2.24, 2.45) is 0 Å². The van der Waals surface area contributed by atoms with Crippen LogP contribution in [0.2, 0.25) is 0 Å². The minimum absolute atomic E-state index is 0.152. The molecule has 0 aliphatic rings. The van der Waals surface area contributed by atoms with E-state index in [9.17, 15) is 4.79 Å². The number of hydrogen-bond donors (Lipinski definition) is 0. The summed E-state index contributed by atoms with van der Waals surface area (Å²) < 4.78 is 3.34. The molecule has 0 saturated heterocycles. The summed E-state index contributed by atoms with van der Waals surface area (Å²) in [7, 11) is 0. The van der Waals surface area contributed by atoms with Gasteiger partial charge in [0, 0.05) is 24.5 Å². The van der Waals surface area contributed by atoms with Crippen molar-refractivity contribution in [1.82, 2.24) is 19.2 Å². The van der Waals surface area contributed by atoms with Gasteiger partial charge in [-0.2, -0.15) is 0 Å². The van der Waals surface area contributed by atoms with E-state index in [2.05, 4.69) is 10.2 Å². The van der Waals surface area contributed by atoms with Gasteiger partial charge >= 0.3 is 5.56 Å². The third-order valence-corrected chi connectivity index (χ3v) is 3.14. The molecule has 3 rings (SSSR count). The van der Waals surface area contributed by atoms with Gasteiger partial charge in [-0.1, -0.05) is 19.1 Å². The summed E-state index contributed by atoms with van der Waals surface area (Å²) in [5.41, 5.74) is 2.16. The molecule has 96 valence electrons. The Balaban J connectivity index is 2.27. The average molecular weight is 254 g/mol. The predicted molar refractivity (Wildman–Crippen MR) is 72.7 cm³/mol. The molecular weight excluding hydrogens is 240 g/mol. The molecule has 1 aromatic carbocycles. The maximum atomic E-state index is 12.4. The van der Waals surface area contributed by atoms with E-state index in [1.54, 1.807) is 15.2 Å². The van der Waals surface area contributed by atoms with Gasteiger partial charge in [-0.25, -0.2) is 0 Å². The summed E-state index contributed by atoms with van der Waals surface area (Å²) in [6.45, 7) is 3.99. The first-order chi connectivity index (χ1) is 9.20. The zero-order valence-corrected chi connectivity index (χ0v) is 10.9. The minimum Gasteiger partial charge on any atom is -0.280 e. The van der Waals surface area contributed by atoms with Crippen LogP contribution in [0, 0.1) is 6.92 Å². The number of hydrogen-bond acceptors (Lipinski definition) is 3. The van der Waals surface area contributed by atoms with Crippen LogP contribution in [-0.2, 0) is 6.42 Å². The lowest BCUT2D eigenvalue weighted by Gasteiger charge is -2.06. The molecule has 0 amide bonds. The lowest BCUT2D eigenvalue weighted by Crippen LogP contribution is -2.20. The van der Waals surface area contributed by atoms with E-state index >= 15 is 0 Å². The van der Waals surface area contributed by atoms with Crippen LogP contribution in [0.1, 0.15) is 18.3 Å². The fraction of sp³-hybridized carbons (Fsp3) is 0.214. The molecule has 0 atom stereocenters. The van der Waals surface area contributed by atoms with Crippen molar-refractivity contribution >= 4 is 5.65 Å². The standard InChI is InChI=1S/C14H14N4O/c1-3-12-15-16-13-14(19)17(7-8-18(12)13)11-6-4-5-10(2)9-11/h4-9H,3H2,1-2H3. The van der Waals surface area contributed by atoms with Gasteiger partial charge in [0.15, 0.2) is 0 Å². The lowest BCUT2D eigenvalue weighted by atomic mass is 10.2. The third kappa shape index (κ3) is 1.83. The molecule has 0 aliphatic heterocycles. The Kier molecular flexibility index (Phi) is 2.67. The van der Waals surface area contributed by atoms with Crippen LogP contribution in [0.3, 0.4) is 0 Å². The molecule has 2 heterocycles. The van der Waals surface area contributed by atoms with E-state index in [0.717, 1.165) is 23.5 Å². The van der Waals surface area contributed by atoms with Crippen LogP contribution in [-0.4, -0.2) is 19.2 Å². The summed E-state index contributed by atoms with van der Waals surface area (Å²) in [6.07, 6.45) is 4.33. The van der Waals surface area contributed by atoms with E-state index in [1.165, 1.54) is 0 Å². The zero-order valence-electron chi connectivity index (χ0n) is 10.9. The number of aromatic nitrogens is 4. The number of aryl methyl sites for hydroxylation is 2. The number of benzene rings is 1. The summed E-state index contributed by atoms with van der Waals surface area (Å²) in [5.74, 6) is 0.795. The Morgan fingerprint density at radius 2 is 2.05 bits per heavy atom. The number of rotatable bonds is 2. The summed E-state index contributed by atoms with van der Waals surface area (Å²) >= 11 is 0. The maximum absolute atomic E-state index is 12.4. The van der Waals surface area contributed by atoms with Crippen LogP contribution in [0.25, 0.3) is 11.3 Å². The first-order valence-electron chi connectivity index (χ1n) is 6.23. The normalized spacial score (nSPS) is 11.1. The van der Waals surface area contributed by atoms with E-state index in [0.29, 0.717) is 5.65 Å². The lowest BCUT2D eigenvalue weighted by molar-refractivity contribution is 0.890. The molecule has 19 heavy (non-hydrogen) atoms. The van der Waals surface area contributed by atoms with E-state index in [1.807, 2.05) is 44.3 Å². The molecular formula is C14H14N4O. The van der Waals surface area contributed by atoms with Gasteiger partial charge in [0.25, 0.3) is 0 Å². The van der Waals surface area contributed by atoms with Crippen LogP contribution in [0.5, 0.6) is 0 Å². The Bertz CT molecular complexity index is 801. The van der Waals surface area contributed by atoms with E-state index in [-0.39, 0.29) is 5.56 Å². The molecule has 0 saturated carbocycles. The summed E-state index contributed by atoms with van der Waals surface area (Å²) in [5, 5.41) is 8.00. The third-order valence-electron chi connectivity index (χ3n) is 3.14. The fourth-order valence-electron chi connectivity index (χ4n) is 2.16. The second kappa shape index (κ2) is 4.35. The first kappa shape index (κ1) is 11.6. The molecule has 5 nitrogen and oxygen atoms in total. The first-order valence-corrected chi connectivity index (χ1v) is 6.23. The van der Waals surface area contributed by atoms with Gasteiger partial charge in [-0.15, -0.1) is 10.2 Å². The Labute approximate surface area is 110 Å².